The second kappa shape index (κ2) is 18.7. The number of nitrogens with zero attached hydrogens (tertiary/aromatic N) is 1. The molecule has 2 aromatic carbocycles. The highest BCUT2D eigenvalue weighted by Gasteiger charge is 2.17. The first-order chi connectivity index (χ1) is 22.7. The smallest absolute Gasteiger partial charge is 0.305 e. The molecule has 0 bridgehead atoms. The first-order valence-electron chi connectivity index (χ1n) is 14.6. The van der Waals surface area contributed by atoms with Gasteiger partial charge in [0.2, 0.25) is 0 Å². The third-order valence-corrected chi connectivity index (χ3v) is 9.58. The van der Waals surface area contributed by atoms with Crippen LogP contribution in [-0.2, 0) is 14.3 Å². The number of ether oxygens (including phenoxy) is 5. The summed E-state index contributed by atoms with van der Waals surface area (Å²) in [7, 11) is 6.41. The molecule has 0 saturated carbocycles. The molecule has 4 rings (SSSR count). The fourth-order valence-corrected chi connectivity index (χ4v) is 6.45. The Balaban J connectivity index is 0.000000279. The summed E-state index contributed by atoms with van der Waals surface area (Å²) >= 11 is 2.70. The van der Waals surface area contributed by atoms with Crippen LogP contribution in [0.1, 0.15) is 45.0 Å². The first kappa shape index (κ1) is 39.6. The van der Waals surface area contributed by atoms with E-state index in [-0.39, 0.29) is 43.2 Å². The maximum atomic E-state index is 12.1. The number of nitrogens with one attached hydrogen (secondary N) is 1. The largest absolute Gasteiger partial charge is 0.493 e. The van der Waals surface area contributed by atoms with Crippen molar-refractivity contribution in [2.45, 2.75) is 45.3 Å². The summed E-state index contributed by atoms with van der Waals surface area (Å²) in [6.45, 7) is 6.43. The Hall–Kier alpha value is -4.56. The molecule has 12 nitrogen and oxygen atoms in total. The van der Waals surface area contributed by atoms with Gasteiger partial charge in [0.05, 0.1) is 63.7 Å². The molecule has 4 aromatic rings. The molecule has 0 radical (unpaired) electrons. The van der Waals surface area contributed by atoms with Crippen molar-refractivity contribution >= 4 is 80.3 Å². The van der Waals surface area contributed by atoms with E-state index in [1.807, 2.05) is 24.3 Å². The van der Waals surface area contributed by atoms with Crippen molar-refractivity contribution in [1.29, 1.82) is 5.53 Å². The van der Waals surface area contributed by atoms with E-state index in [4.69, 9.17) is 29.6 Å². The lowest BCUT2D eigenvalue weighted by atomic mass is 10.1. The van der Waals surface area contributed by atoms with Crippen LogP contribution in [0.25, 0.3) is 20.2 Å². The maximum Gasteiger partial charge on any atom is 0.305 e. The minimum absolute atomic E-state index is 0.0103. The van der Waals surface area contributed by atoms with Crippen molar-refractivity contribution in [2.24, 2.45) is 0 Å². The van der Waals surface area contributed by atoms with Crippen LogP contribution in [0.4, 0.5) is 0 Å². The molecule has 0 saturated heterocycles. The molecule has 0 fully saturated rings. The molecule has 0 aliphatic heterocycles. The van der Waals surface area contributed by atoms with Gasteiger partial charge in [-0.2, -0.15) is 0 Å². The Kier molecular flexibility index (Phi) is 15.4. The minimum atomic E-state index is -1.14. The van der Waals surface area contributed by atoms with Gasteiger partial charge in [-0.25, -0.2) is 0 Å². The molecule has 0 amide bonds. The van der Waals surface area contributed by atoms with Gasteiger partial charge in [0.15, 0.2) is 42.6 Å². The summed E-state index contributed by atoms with van der Waals surface area (Å²) in [5.74, 6) is 2.61. The van der Waals surface area contributed by atoms with Crippen molar-refractivity contribution in [3.63, 3.8) is 0 Å². The van der Waals surface area contributed by atoms with E-state index in [2.05, 4.69) is 29.2 Å². The summed E-state index contributed by atoms with van der Waals surface area (Å²) in [5, 5.41) is 10.4. The summed E-state index contributed by atoms with van der Waals surface area (Å²) in [4.78, 5) is 49.9. The van der Waals surface area contributed by atoms with Crippen molar-refractivity contribution < 1.29 is 52.8 Å². The Morgan fingerprint density at radius 2 is 1.08 bits per heavy atom. The third-order valence-electron chi connectivity index (χ3n) is 6.40. The molecule has 2 aromatic heterocycles. The number of carbonyl (C=O) groups is 4. The number of esters is 1. The van der Waals surface area contributed by atoms with Crippen LogP contribution in [-0.4, -0.2) is 82.9 Å². The molecular weight excluding hydrogens is 677 g/mol. The van der Waals surface area contributed by atoms with Gasteiger partial charge in [-0.05, 0) is 35.0 Å². The number of Topliss-reactive ketones (excluding diaryl/α,β-unsaturated/α-hetero) is 2. The number of benzene rings is 2. The van der Waals surface area contributed by atoms with Gasteiger partial charge in [-0.3, -0.25) is 19.2 Å². The van der Waals surface area contributed by atoms with Gasteiger partial charge in [0.1, 0.15) is 0 Å². The molecule has 0 aliphatic rings. The normalized spacial score (nSPS) is 10.4. The lowest BCUT2D eigenvalue weighted by Crippen LogP contribution is -2.22. The van der Waals surface area contributed by atoms with Gasteiger partial charge in [-0.1, -0.05) is 19.6 Å². The van der Waals surface area contributed by atoms with Crippen molar-refractivity contribution in [3.8, 4) is 23.0 Å². The Morgan fingerprint density at radius 3 is 1.40 bits per heavy atom. The van der Waals surface area contributed by atoms with E-state index in [9.17, 15) is 19.2 Å². The second-order valence-electron chi connectivity index (χ2n) is 11.2. The molecule has 0 atom stereocenters. The number of hydrogen-bond acceptors (Lipinski definition) is 12. The van der Waals surface area contributed by atoms with Crippen LogP contribution < -0.4 is 18.9 Å². The molecule has 0 aliphatic carbocycles. The number of carbonyl (C=O) groups excluding carboxylic acids is 3. The number of carboxylic acids is 1. The van der Waals surface area contributed by atoms with Crippen LogP contribution in [0.3, 0.4) is 0 Å². The molecule has 0 spiro atoms. The van der Waals surface area contributed by atoms with Crippen molar-refractivity contribution in [2.75, 3.05) is 35.5 Å². The number of thiophene rings is 2. The minimum Gasteiger partial charge on any atom is -0.493 e. The van der Waals surface area contributed by atoms with Crippen LogP contribution in [0, 0.1) is 5.53 Å². The molecular formula is C33H41N2O10S2Si+. The highest BCUT2D eigenvalue weighted by atomic mass is 32.1. The Bertz CT molecular complexity index is 1720. The van der Waals surface area contributed by atoms with Crippen molar-refractivity contribution in [3.05, 3.63) is 46.2 Å². The number of carboxylic acid groups (broad SMARTS) is 1. The van der Waals surface area contributed by atoms with Crippen LogP contribution >= 0.6 is 22.7 Å². The number of methoxy groups -OCH3 is 5. The van der Waals surface area contributed by atoms with E-state index in [0.717, 1.165) is 20.2 Å². The highest BCUT2D eigenvalue weighted by Crippen LogP contribution is 2.38. The Labute approximate surface area is 287 Å². The molecule has 15 heteroatoms. The summed E-state index contributed by atoms with van der Waals surface area (Å²) in [6.07, 6.45) is 0.0974. The summed E-state index contributed by atoms with van der Waals surface area (Å²) < 4.78 is 27.3. The van der Waals surface area contributed by atoms with E-state index < -0.39 is 14.0 Å². The van der Waals surface area contributed by atoms with Crippen LogP contribution in [0.2, 0.25) is 19.6 Å². The van der Waals surface area contributed by atoms with Crippen molar-refractivity contribution in [1.82, 2.24) is 0 Å². The highest BCUT2D eigenvalue weighted by molar-refractivity contribution is 7.21. The average molecular weight is 718 g/mol. The van der Waals surface area contributed by atoms with Gasteiger partial charge in [-0.15, -0.1) is 22.7 Å². The zero-order valence-electron chi connectivity index (χ0n) is 28.3. The van der Waals surface area contributed by atoms with Gasteiger partial charge in [0, 0.05) is 39.2 Å². The maximum absolute atomic E-state index is 12.1. The Morgan fingerprint density at radius 1 is 0.688 bits per heavy atom. The first-order valence-corrected chi connectivity index (χ1v) is 19.8. The lowest BCUT2D eigenvalue weighted by molar-refractivity contribution is -0.140. The predicted molar refractivity (Wildman–Crippen MR) is 189 cm³/mol. The summed E-state index contributed by atoms with van der Waals surface area (Å²) in [5.41, 5.74) is 6.46. The average Bonchev–Trinajstić information content (AvgIpc) is 3.68. The SMILES string of the molecule is COC(=O)CCC(=O)c1cc2cc(OC)c(OC)cc2s1.COc1cc2cc(C(=O)CCC(=O)O)sc2cc1OC.C[Si](C)(C)C=[N+]=N. The zero-order chi connectivity index (χ0) is 36.0. The standard InChI is InChI=1S/C15H16O5S.C14H14O5S.C4H11N2Si/c1-18-11-6-9-7-14(10(16)4-5-15(17)20-3)21-13(9)8-12(11)19-2;1-18-10-5-8-6-13(9(15)3-4-14(16)17)20-12(8)7-11(10)19-2;1-7(2,3)4-6-5/h6-8H,4-5H2,1-3H3;5-7H,3-4H2,1-2H3,(H,16,17);4-5H,1-3H3/q;;+1. The second-order valence-corrected chi connectivity index (χ2v) is 18.3. The number of rotatable bonds is 13. The van der Waals surface area contributed by atoms with E-state index >= 15 is 0 Å². The van der Waals surface area contributed by atoms with E-state index in [1.165, 1.54) is 29.8 Å². The monoisotopic (exact) mass is 717 g/mol. The number of aliphatic carboxylic acids is 1. The van der Waals surface area contributed by atoms with Gasteiger partial charge < -0.3 is 28.8 Å². The van der Waals surface area contributed by atoms with Crippen LogP contribution in [0.15, 0.2) is 36.4 Å². The molecule has 258 valence electrons. The predicted octanol–water partition coefficient (Wildman–Crippen LogP) is 7.19. The summed E-state index contributed by atoms with van der Waals surface area (Å²) in [6, 6.07) is 10.9. The molecule has 0 unspecified atom stereocenters. The fourth-order valence-electron chi connectivity index (χ4n) is 3.99. The number of ketones is 2. The topological polar surface area (TPSA) is 173 Å². The molecule has 2 heterocycles. The molecule has 2 N–H and O–H groups in total. The fraction of sp³-hybridized carbons (Fsp3) is 0.364. The van der Waals surface area contributed by atoms with Crippen LogP contribution in [0.5, 0.6) is 23.0 Å². The zero-order valence-corrected chi connectivity index (χ0v) is 30.9. The van der Waals surface area contributed by atoms with E-state index in [1.54, 1.807) is 46.4 Å². The number of fused-ring (bicyclic) bond motifs is 2. The van der Waals surface area contributed by atoms with Gasteiger partial charge in [0.25, 0.3) is 5.84 Å². The molecule has 48 heavy (non-hydrogen) atoms. The van der Waals surface area contributed by atoms with Gasteiger partial charge >= 0.3 is 11.9 Å². The number of hydrogen-bond donors (Lipinski definition) is 2. The quantitative estimate of drug-likeness (QED) is 0.0360. The van der Waals surface area contributed by atoms with E-state index in [0.29, 0.717) is 32.8 Å². The third kappa shape index (κ3) is 11.9. The lowest BCUT2D eigenvalue weighted by Gasteiger charge is -2.06.